The molecule has 3 amide bonds. The molecule has 3 fully saturated rings. The van der Waals surface area contributed by atoms with Gasteiger partial charge in [0.15, 0.2) is 0 Å². The van der Waals surface area contributed by atoms with Crippen molar-refractivity contribution in [3.63, 3.8) is 0 Å². The number of hydrogen-bond donors (Lipinski definition) is 2. The molecule has 3 aliphatic rings. The summed E-state index contributed by atoms with van der Waals surface area (Å²) in [5.74, 6) is -3.37. The summed E-state index contributed by atoms with van der Waals surface area (Å²) in [7, 11) is 0. The molecule has 0 saturated carbocycles. The first kappa shape index (κ1) is 36.3. The van der Waals surface area contributed by atoms with Gasteiger partial charge < -0.3 is 29.7 Å². The Morgan fingerprint density at radius 2 is 1.85 bits per heavy atom. The minimum atomic E-state index is -1.27. The molecule has 7 atom stereocenters. The van der Waals surface area contributed by atoms with E-state index in [0.717, 1.165) is 0 Å². The molecular formula is C37H53N3O7. The van der Waals surface area contributed by atoms with E-state index in [4.69, 9.17) is 9.47 Å². The minimum absolute atomic E-state index is 0.105. The van der Waals surface area contributed by atoms with Crippen LogP contribution in [0.25, 0.3) is 0 Å². The van der Waals surface area contributed by atoms with Gasteiger partial charge in [0, 0.05) is 18.5 Å². The fourth-order valence-corrected chi connectivity index (χ4v) is 8.21. The molecule has 47 heavy (non-hydrogen) atoms. The lowest BCUT2D eigenvalue weighted by Crippen LogP contribution is -2.61. The zero-order valence-electron chi connectivity index (χ0n) is 28.9. The predicted molar refractivity (Wildman–Crippen MR) is 179 cm³/mol. The van der Waals surface area contributed by atoms with Gasteiger partial charge >= 0.3 is 5.97 Å². The third kappa shape index (κ3) is 7.33. The Morgan fingerprint density at radius 3 is 2.45 bits per heavy atom. The highest BCUT2D eigenvalue weighted by Gasteiger charge is 2.76. The molecule has 0 aromatic heterocycles. The second kappa shape index (κ2) is 14.3. The second-order valence-corrected chi connectivity index (χ2v) is 15.1. The van der Waals surface area contributed by atoms with Crippen molar-refractivity contribution in [1.82, 2.24) is 15.1 Å². The van der Waals surface area contributed by atoms with Gasteiger partial charge in [-0.25, -0.2) is 0 Å². The Hall–Kier alpha value is -3.50. The molecule has 0 unspecified atom stereocenters. The number of likely N-dealkylation sites (tertiary alicyclic amines) is 1. The van der Waals surface area contributed by atoms with E-state index in [1.807, 2.05) is 44.2 Å². The summed E-state index contributed by atoms with van der Waals surface area (Å²) in [6, 6.07) is 7.22. The number of fused-ring (bicyclic) bond motifs is 1. The van der Waals surface area contributed by atoms with Gasteiger partial charge in [0.2, 0.25) is 17.7 Å². The highest BCUT2D eigenvalue weighted by atomic mass is 16.6. The molecule has 3 aliphatic heterocycles. The maximum Gasteiger partial charge on any atom is 0.312 e. The van der Waals surface area contributed by atoms with E-state index in [1.165, 1.54) is 4.90 Å². The van der Waals surface area contributed by atoms with E-state index in [9.17, 15) is 19.5 Å². The van der Waals surface area contributed by atoms with Crippen molar-refractivity contribution in [2.24, 2.45) is 17.3 Å². The topological polar surface area (TPSA) is 125 Å². The number of aliphatic hydroxyl groups is 1. The summed E-state index contributed by atoms with van der Waals surface area (Å²) in [5, 5.41) is 13.6. The highest BCUT2D eigenvalue weighted by Crippen LogP contribution is 2.60. The van der Waals surface area contributed by atoms with Gasteiger partial charge in [0.1, 0.15) is 17.7 Å². The number of ether oxygens (including phenoxy) is 2. The van der Waals surface area contributed by atoms with Crippen LogP contribution in [0.5, 0.6) is 0 Å². The zero-order chi connectivity index (χ0) is 34.7. The molecule has 2 N–H and O–H groups in total. The normalized spacial score (nSPS) is 26.4. The quantitative estimate of drug-likeness (QED) is 0.214. The van der Waals surface area contributed by atoms with Gasteiger partial charge in [-0.3, -0.25) is 19.2 Å². The van der Waals surface area contributed by atoms with E-state index < -0.39 is 65.8 Å². The summed E-state index contributed by atoms with van der Waals surface area (Å²) >= 11 is 0. The molecule has 10 nitrogen and oxygen atoms in total. The van der Waals surface area contributed by atoms with Crippen molar-refractivity contribution in [2.45, 2.75) is 109 Å². The number of carbonyl (C=O) groups is 4. The van der Waals surface area contributed by atoms with E-state index in [-0.39, 0.29) is 36.7 Å². The molecule has 0 radical (unpaired) electrons. The van der Waals surface area contributed by atoms with Crippen LogP contribution in [0.3, 0.4) is 0 Å². The van der Waals surface area contributed by atoms with Gasteiger partial charge in [-0.2, -0.15) is 0 Å². The largest absolute Gasteiger partial charge is 0.460 e. The van der Waals surface area contributed by atoms with E-state index in [0.29, 0.717) is 31.2 Å². The van der Waals surface area contributed by atoms with Gasteiger partial charge in [0.25, 0.3) is 0 Å². The maximum absolute atomic E-state index is 15.0. The smallest absolute Gasteiger partial charge is 0.312 e. The zero-order valence-corrected chi connectivity index (χ0v) is 28.9. The number of esters is 1. The van der Waals surface area contributed by atoms with Crippen LogP contribution in [0.4, 0.5) is 0 Å². The van der Waals surface area contributed by atoms with Crippen molar-refractivity contribution < 1.29 is 33.8 Å². The summed E-state index contributed by atoms with van der Waals surface area (Å²) in [5.41, 5.74) is -1.32. The number of nitrogens with zero attached hydrogens (tertiary/aromatic N) is 2. The first-order valence-corrected chi connectivity index (χ1v) is 16.8. The molecule has 0 aliphatic carbocycles. The van der Waals surface area contributed by atoms with Crippen molar-refractivity contribution in [2.75, 3.05) is 19.7 Å². The SMILES string of the molecule is C=CCCC(=O)NC[C@@H](C)OC(=O)[C@@H]1[C@H]2C(=O)N([C@H](CO)c3ccccc3)[C@H](C(=O)N(CC=C)C(C)(C)CC(C)(C)C)[C@]23CC[C@H]1O3. The Morgan fingerprint density at radius 1 is 1.17 bits per heavy atom. The monoisotopic (exact) mass is 651 g/mol. The third-order valence-corrected chi connectivity index (χ3v) is 9.69. The first-order chi connectivity index (χ1) is 22.1. The van der Waals surface area contributed by atoms with Crippen LogP contribution < -0.4 is 5.32 Å². The Labute approximate surface area is 279 Å². The number of allylic oxidation sites excluding steroid dienone is 1. The van der Waals surface area contributed by atoms with Gasteiger partial charge in [0.05, 0.1) is 37.1 Å². The Bertz CT molecular complexity index is 1340. The van der Waals surface area contributed by atoms with Crippen LogP contribution in [0.1, 0.15) is 85.3 Å². The average Bonchev–Trinajstić information content (AvgIpc) is 3.65. The molecule has 1 spiro atoms. The van der Waals surface area contributed by atoms with Crippen molar-refractivity contribution in [3.05, 3.63) is 61.2 Å². The standard InChI is InChI=1S/C37H53N3O7/c1-9-11-17-28(42)38-21-24(3)46-34(45)29-27-18-19-37(47-27)30(29)32(43)40(26(22-41)25-15-13-12-14-16-25)31(37)33(44)39(20-10-2)36(7,8)23-35(4,5)6/h9-10,12-16,24,26-27,29-31,41H,1-2,11,17-23H2,3-8H3,(H,38,42)/t24-,26-,27-,29+,30+,31-,37+/m1/s1. The average molecular weight is 652 g/mol. The lowest BCUT2D eigenvalue weighted by Gasteiger charge is -2.46. The van der Waals surface area contributed by atoms with E-state index in [1.54, 1.807) is 24.0 Å². The van der Waals surface area contributed by atoms with E-state index in [2.05, 4.69) is 39.2 Å². The molecule has 10 heteroatoms. The van der Waals surface area contributed by atoms with Gasteiger partial charge in [-0.05, 0) is 57.4 Å². The lowest BCUT2D eigenvalue weighted by molar-refractivity contribution is -0.160. The predicted octanol–water partition coefficient (Wildman–Crippen LogP) is 4.34. The fraction of sp³-hybridized carbons (Fsp3) is 0.622. The number of rotatable bonds is 15. The summed E-state index contributed by atoms with van der Waals surface area (Å²) in [4.78, 5) is 58.9. The van der Waals surface area contributed by atoms with Crippen molar-refractivity contribution in [1.29, 1.82) is 0 Å². The number of hydrogen-bond acceptors (Lipinski definition) is 7. The second-order valence-electron chi connectivity index (χ2n) is 15.1. The first-order valence-electron chi connectivity index (χ1n) is 16.8. The molecule has 2 bridgehead atoms. The van der Waals surface area contributed by atoms with Crippen molar-refractivity contribution >= 4 is 23.7 Å². The summed E-state index contributed by atoms with van der Waals surface area (Å²) < 4.78 is 12.5. The van der Waals surface area contributed by atoms with Crippen molar-refractivity contribution in [3.8, 4) is 0 Å². The van der Waals surface area contributed by atoms with Crippen LogP contribution in [0.15, 0.2) is 55.6 Å². The van der Waals surface area contributed by atoms with E-state index >= 15 is 4.79 Å². The molecule has 3 saturated heterocycles. The van der Waals surface area contributed by atoms with Crippen LogP contribution in [-0.4, -0.2) is 87.7 Å². The number of aliphatic hydroxyl groups excluding tert-OH is 1. The summed E-state index contributed by atoms with van der Waals surface area (Å²) in [6.45, 7) is 19.6. The maximum atomic E-state index is 15.0. The van der Waals surface area contributed by atoms with Crippen LogP contribution >= 0.6 is 0 Å². The van der Waals surface area contributed by atoms with Crippen LogP contribution in [0, 0.1) is 17.3 Å². The molecule has 3 heterocycles. The Kier molecular flexibility index (Phi) is 11.1. The fourth-order valence-electron chi connectivity index (χ4n) is 8.21. The van der Waals surface area contributed by atoms with Crippen LogP contribution in [0.2, 0.25) is 0 Å². The molecule has 1 aromatic rings. The number of nitrogens with one attached hydrogen (secondary N) is 1. The molecular weight excluding hydrogens is 598 g/mol. The van der Waals surface area contributed by atoms with Crippen LogP contribution in [-0.2, 0) is 28.7 Å². The third-order valence-electron chi connectivity index (χ3n) is 9.69. The number of amides is 3. The highest BCUT2D eigenvalue weighted by molar-refractivity contribution is 5.98. The van der Waals surface area contributed by atoms with Gasteiger partial charge in [-0.1, -0.05) is 63.3 Å². The number of benzene rings is 1. The molecule has 4 rings (SSSR count). The lowest BCUT2D eigenvalue weighted by atomic mass is 9.70. The summed E-state index contributed by atoms with van der Waals surface area (Å²) in [6.07, 6.45) is 4.51. The van der Waals surface area contributed by atoms with Gasteiger partial charge in [-0.15, -0.1) is 13.2 Å². The molecule has 1 aromatic carbocycles. The molecule has 258 valence electrons. The minimum Gasteiger partial charge on any atom is -0.460 e. The Balaban J connectivity index is 1.72. The number of carbonyl (C=O) groups excluding carboxylic acids is 4.